The van der Waals surface area contributed by atoms with Gasteiger partial charge in [0.15, 0.2) is 5.60 Å². The molecule has 1 rings (SSSR count). The lowest BCUT2D eigenvalue weighted by Gasteiger charge is -2.20. The SMILES string of the molecule is CCOc1ccc(N)c(SCC(C)(O)C(=O)OC)c1. The Morgan fingerprint density at radius 3 is 2.79 bits per heavy atom. The summed E-state index contributed by atoms with van der Waals surface area (Å²) in [6.45, 7) is 3.87. The number of carbonyl (C=O) groups is 1. The Labute approximate surface area is 117 Å². The van der Waals surface area contributed by atoms with Gasteiger partial charge >= 0.3 is 5.97 Å². The van der Waals surface area contributed by atoms with E-state index < -0.39 is 11.6 Å². The molecule has 0 fully saturated rings. The Kier molecular flexibility index (Phi) is 5.50. The fourth-order valence-corrected chi connectivity index (χ4v) is 2.38. The summed E-state index contributed by atoms with van der Waals surface area (Å²) >= 11 is 1.28. The fourth-order valence-electron chi connectivity index (χ4n) is 1.39. The summed E-state index contributed by atoms with van der Waals surface area (Å²) in [7, 11) is 1.24. The minimum Gasteiger partial charge on any atom is -0.494 e. The highest BCUT2D eigenvalue weighted by Crippen LogP contribution is 2.31. The van der Waals surface area contributed by atoms with E-state index in [9.17, 15) is 9.90 Å². The highest BCUT2D eigenvalue weighted by molar-refractivity contribution is 7.99. The number of ether oxygens (including phenoxy) is 2. The topological polar surface area (TPSA) is 81.8 Å². The zero-order valence-electron chi connectivity index (χ0n) is 11.3. The Balaban J connectivity index is 2.76. The van der Waals surface area contributed by atoms with Crippen molar-refractivity contribution in [3.63, 3.8) is 0 Å². The molecule has 0 aliphatic carbocycles. The van der Waals surface area contributed by atoms with E-state index in [-0.39, 0.29) is 5.75 Å². The number of aliphatic hydroxyl groups is 1. The molecule has 0 aromatic heterocycles. The van der Waals surface area contributed by atoms with Gasteiger partial charge in [0.2, 0.25) is 0 Å². The summed E-state index contributed by atoms with van der Waals surface area (Å²) in [5, 5.41) is 9.94. The molecular weight excluding hydrogens is 266 g/mol. The molecule has 1 aromatic carbocycles. The third-order valence-corrected chi connectivity index (χ3v) is 3.80. The molecule has 0 heterocycles. The standard InChI is InChI=1S/C13H19NO4S/c1-4-18-9-5-6-10(14)11(7-9)19-8-13(2,16)12(15)17-3/h5-7,16H,4,8,14H2,1-3H3. The van der Waals surface area contributed by atoms with Gasteiger partial charge in [-0.25, -0.2) is 4.79 Å². The number of hydrogen-bond donors (Lipinski definition) is 2. The van der Waals surface area contributed by atoms with Gasteiger partial charge in [0.25, 0.3) is 0 Å². The van der Waals surface area contributed by atoms with Crippen molar-refractivity contribution in [1.29, 1.82) is 0 Å². The first kappa shape index (κ1) is 15.7. The Morgan fingerprint density at radius 1 is 1.53 bits per heavy atom. The minimum atomic E-state index is -1.55. The molecule has 0 bridgehead atoms. The lowest BCUT2D eigenvalue weighted by molar-refractivity contribution is -0.158. The quantitative estimate of drug-likeness (QED) is 0.470. The van der Waals surface area contributed by atoms with E-state index in [1.54, 1.807) is 18.2 Å². The molecule has 3 N–H and O–H groups in total. The summed E-state index contributed by atoms with van der Waals surface area (Å²) in [6.07, 6.45) is 0. The van der Waals surface area contributed by atoms with Crippen LogP contribution in [0.5, 0.6) is 5.75 Å². The van der Waals surface area contributed by atoms with Crippen LogP contribution in [0, 0.1) is 0 Å². The highest BCUT2D eigenvalue weighted by Gasteiger charge is 2.31. The van der Waals surface area contributed by atoms with E-state index in [2.05, 4.69) is 4.74 Å². The van der Waals surface area contributed by atoms with Crippen LogP contribution in [0.25, 0.3) is 0 Å². The summed E-state index contributed by atoms with van der Waals surface area (Å²) in [6, 6.07) is 5.30. The number of benzene rings is 1. The summed E-state index contributed by atoms with van der Waals surface area (Å²) in [5.41, 5.74) is 4.88. The van der Waals surface area contributed by atoms with Gasteiger partial charge in [-0.15, -0.1) is 11.8 Å². The van der Waals surface area contributed by atoms with Crippen LogP contribution in [0.4, 0.5) is 5.69 Å². The molecule has 0 saturated carbocycles. The average molecular weight is 285 g/mol. The van der Waals surface area contributed by atoms with Crippen LogP contribution in [0.15, 0.2) is 23.1 Å². The number of methoxy groups -OCH3 is 1. The maximum Gasteiger partial charge on any atom is 0.338 e. The van der Waals surface area contributed by atoms with Crippen LogP contribution in [0.1, 0.15) is 13.8 Å². The predicted molar refractivity (Wildman–Crippen MR) is 75.4 cm³/mol. The van der Waals surface area contributed by atoms with E-state index in [4.69, 9.17) is 10.5 Å². The number of rotatable bonds is 6. The van der Waals surface area contributed by atoms with Gasteiger partial charge in [0.05, 0.1) is 13.7 Å². The molecule has 0 spiro atoms. The second kappa shape index (κ2) is 6.68. The van der Waals surface area contributed by atoms with Gasteiger partial charge < -0.3 is 20.3 Å². The Morgan fingerprint density at radius 2 is 2.21 bits per heavy atom. The Hall–Kier alpha value is -1.40. The van der Waals surface area contributed by atoms with Crippen LogP contribution >= 0.6 is 11.8 Å². The number of nitrogens with two attached hydrogens (primary N) is 1. The van der Waals surface area contributed by atoms with E-state index in [1.807, 2.05) is 6.92 Å². The van der Waals surface area contributed by atoms with Crippen LogP contribution in [-0.4, -0.2) is 36.1 Å². The van der Waals surface area contributed by atoms with Gasteiger partial charge in [-0.2, -0.15) is 0 Å². The average Bonchev–Trinajstić information content (AvgIpc) is 2.38. The zero-order chi connectivity index (χ0) is 14.5. The molecule has 5 nitrogen and oxygen atoms in total. The molecule has 0 amide bonds. The second-order valence-corrected chi connectivity index (χ2v) is 5.20. The smallest absolute Gasteiger partial charge is 0.338 e. The summed E-state index contributed by atoms with van der Waals surface area (Å²) in [5.74, 6) is 0.191. The lowest BCUT2D eigenvalue weighted by atomic mass is 10.1. The molecule has 0 aliphatic heterocycles. The van der Waals surface area contributed by atoms with Crippen LogP contribution in [0.2, 0.25) is 0 Å². The molecule has 1 atom stereocenters. The summed E-state index contributed by atoms with van der Waals surface area (Å²) < 4.78 is 9.92. The third-order valence-electron chi connectivity index (χ3n) is 2.43. The van der Waals surface area contributed by atoms with Crippen molar-refractivity contribution in [2.24, 2.45) is 0 Å². The van der Waals surface area contributed by atoms with Crippen molar-refractivity contribution in [3.05, 3.63) is 18.2 Å². The number of carbonyl (C=O) groups excluding carboxylic acids is 1. The first-order chi connectivity index (χ1) is 8.90. The van der Waals surface area contributed by atoms with Crippen molar-refractivity contribution >= 4 is 23.4 Å². The molecule has 0 radical (unpaired) electrons. The molecule has 0 saturated heterocycles. The third kappa shape index (κ3) is 4.33. The predicted octanol–water partition coefficient (Wildman–Crippen LogP) is 1.68. The number of thioether (sulfide) groups is 1. The molecule has 1 unspecified atom stereocenters. The monoisotopic (exact) mass is 285 g/mol. The highest BCUT2D eigenvalue weighted by atomic mass is 32.2. The summed E-state index contributed by atoms with van der Waals surface area (Å²) in [4.78, 5) is 12.1. The number of esters is 1. The van der Waals surface area contributed by atoms with Gasteiger partial charge in [0.1, 0.15) is 5.75 Å². The van der Waals surface area contributed by atoms with Gasteiger partial charge in [0, 0.05) is 16.3 Å². The molecule has 1 aromatic rings. The molecule has 106 valence electrons. The zero-order valence-corrected chi connectivity index (χ0v) is 12.1. The first-order valence-corrected chi connectivity index (χ1v) is 6.85. The van der Waals surface area contributed by atoms with E-state index in [0.29, 0.717) is 18.0 Å². The molecular formula is C13H19NO4S. The number of anilines is 1. The number of nitrogen functional groups attached to an aromatic ring is 1. The van der Waals surface area contributed by atoms with E-state index in [1.165, 1.54) is 25.8 Å². The van der Waals surface area contributed by atoms with E-state index >= 15 is 0 Å². The largest absolute Gasteiger partial charge is 0.494 e. The van der Waals surface area contributed by atoms with Crippen LogP contribution in [-0.2, 0) is 9.53 Å². The van der Waals surface area contributed by atoms with Crippen LogP contribution in [0.3, 0.4) is 0 Å². The van der Waals surface area contributed by atoms with Crippen molar-refractivity contribution in [2.75, 3.05) is 25.2 Å². The first-order valence-electron chi connectivity index (χ1n) is 5.86. The van der Waals surface area contributed by atoms with Gasteiger partial charge in [-0.3, -0.25) is 0 Å². The van der Waals surface area contributed by atoms with Crippen molar-refractivity contribution in [1.82, 2.24) is 0 Å². The van der Waals surface area contributed by atoms with Crippen molar-refractivity contribution in [2.45, 2.75) is 24.3 Å². The van der Waals surface area contributed by atoms with Crippen molar-refractivity contribution in [3.8, 4) is 5.75 Å². The number of hydrogen-bond acceptors (Lipinski definition) is 6. The van der Waals surface area contributed by atoms with Crippen LogP contribution < -0.4 is 10.5 Å². The van der Waals surface area contributed by atoms with E-state index in [0.717, 1.165) is 4.90 Å². The maximum atomic E-state index is 11.4. The molecule has 0 aliphatic rings. The van der Waals surface area contributed by atoms with Gasteiger partial charge in [-0.1, -0.05) is 0 Å². The normalized spacial score (nSPS) is 13.7. The fraction of sp³-hybridized carbons (Fsp3) is 0.462. The maximum absolute atomic E-state index is 11.4. The van der Waals surface area contributed by atoms with Crippen molar-refractivity contribution < 1.29 is 19.4 Å². The Bertz CT molecular complexity index is 448. The second-order valence-electron chi connectivity index (χ2n) is 4.19. The molecule has 19 heavy (non-hydrogen) atoms. The lowest BCUT2D eigenvalue weighted by Crippen LogP contribution is -2.38. The molecule has 6 heteroatoms. The minimum absolute atomic E-state index is 0.152. The van der Waals surface area contributed by atoms with Gasteiger partial charge in [-0.05, 0) is 32.0 Å².